The molecule has 0 radical (unpaired) electrons. The van der Waals surface area contributed by atoms with Gasteiger partial charge in [0.25, 0.3) is 0 Å². The van der Waals surface area contributed by atoms with Crippen molar-refractivity contribution in [2.45, 2.75) is 19.9 Å². The van der Waals surface area contributed by atoms with Gasteiger partial charge < -0.3 is 5.32 Å². The molecular weight excluding hydrogens is 160 g/mol. The molecule has 1 N–H and O–H groups in total. The van der Waals surface area contributed by atoms with Crippen molar-refractivity contribution in [2.75, 3.05) is 6.54 Å². The Hall–Kier alpha value is -1.33. The summed E-state index contributed by atoms with van der Waals surface area (Å²) in [5.74, 6) is 2.59. The van der Waals surface area contributed by atoms with Crippen molar-refractivity contribution in [1.82, 2.24) is 10.3 Å². The molecule has 0 aliphatic heterocycles. The fraction of sp³-hybridized carbons (Fsp3) is 0.364. The van der Waals surface area contributed by atoms with E-state index in [1.54, 1.807) is 0 Å². The second-order valence-electron chi connectivity index (χ2n) is 2.93. The predicted molar refractivity (Wildman–Crippen MR) is 54.1 cm³/mol. The first-order valence-electron chi connectivity index (χ1n) is 4.38. The molecule has 68 valence electrons. The molecule has 0 unspecified atom stereocenters. The monoisotopic (exact) mass is 174 g/mol. The summed E-state index contributed by atoms with van der Waals surface area (Å²) in [5.41, 5.74) is 2.50. The van der Waals surface area contributed by atoms with Gasteiger partial charge >= 0.3 is 0 Å². The van der Waals surface area contributed by atoms with Gasteiger partial charge in [-0.15, -0.1) is 12.3 Å². The fourth-order valence-electron chi connectivity index (χ4n) is 1.08. The van der Waals surface area contributed by atoms with Crippen LogP contribution >= 0.6 is 0 Å². The first kappa shape index (κ1) is 9.76. The zero-order valence-electron chi connectivity index (χ0n) is 7.88. The van der Waals surface area contributed by atoms with Crippen LogP contribution in [0.15, 0.2) is 18.5 Å². The number of rotatable bonds is 4. The Morgan fingerprint density at radius 3 is 3.15 bits per heavy atom. The van der Waals surface area contributed by atoms with Gasteiger partial charge in [0.05, 0.1) is 0 Å². The highest BCUT2D eigenvalue weighted by Gasteiger charge is 1.95. The normalized spacial score (nSPS) is 9.54. The van der Waals surface area contributed by atoms with Gasteiger partial charge in [-0.3, -0.25) is 4.98 Å². The number of nitrogens with one attached hydrogen (secondary N) is 1. The molecule has 0 saturated carbocycles. The molecule has 1 rings (SSSR count). The highest BCUT2D eigenvalue weighted by Crippen LogP contribution is 2.03. The first-order valence-corrected chi connectivity index (χ1v) is 4.38. The highest BCUT2D eigenvalue weighted by molar-refractivity contribution is 5.21. The van der Waals surface area contributed by atoms with Crippen molar-refractivity contribution in [3.8, 4) is 12.3 Å². The largest absolute Gasteiger partial charge is 0.312 e. The van der Waals surface area contributed by atoms with Gasteiger partial charge in [-0.05, 0) is 24.1 Å². The van der Waals surface area contributed by atoms with E-state index in [2.05, 4.69) is 23.1 Å². The van der Waals surface area contributed by atoms with Crippen LogP contribution in [0.25, 0.3) is 0 Å². The van der Waals surface area contributed by atoms with Crippen LogP contribution in [0.4, 0.5) is 0 Å². The van der Waals surface area contributed by atoms with Gasteiger partial charge in [0.2, 0.25) is 0 Å². The van der Waals surface area contributed by atoms with Crippen molar-refractivity contribution in [1.29, 1.82) is 0 Å². The van der Waals surface area contributed by atoms with Crippen LogP contribution in [-0.2, 0) is 6.54 Å². The van der Waals surface area contributed by atoms with Crippen molar-refractivity contribution >= 4 is 0 Å². The molecule has 1 aromatic heterocycles. The summed E-state index contributed by atoms with van der Waals surface area (Å²) >= 11 is 0. The number of nitrogens with zero attached hydrogens (tertiary/aromatic N) is 1. The summed E-state index contributed by atoms with van der Waals surface area (Å²) in [6, 6.07) is 2.03. The number of aromatic nitrogens is 1. The predicted octanol–water partition coefficient (Wildman–Crippen LogP) is 1.50. The highest BCUT2D eigenvalue weighted by atomic mass is 14.8. The second kappa shape index (κ2) is 5.34. The first-order chi connectivity index (χ1) is 6.34. The van der Waals surface area contributed by atoms with Crippen molar-refractivity contribution in [3.63, 3.8) is 0 Å². The molecule has 0 spiro atoms. The summed E-state index contributed by atoms with van der Waals surface area (Å²) in [4.78, 5) is 4.03. The van der Waals surface area contributed by atoms with E-state index in [9.17, 15) is 0 Å². The third kappa shape index (κ3) is 3.27. The SMILES string of the molecule is C#CCCNCc1ccncc1C. The summed E-state index contributed by atoms with van der Waals surface area (Å²) < 4.78 is 0. The molecule has 0 fully saturated rings. The summed E-state index contributed by atoms with van der Waals surface area (Å²) in [6.45, 7) is 3.81. The van der Waals surface area contributed by atoms with E-state index in [0.717, 1.165) is 19.5 Å². The smallest absolute Gasteiger partial charge is 0.0300 e. The summed E-state index contributed by atoms with van der Waals surface area (Å²) in [6.07, 6.45) is 9.60. The Balaban J connectivity index is 2.37. The maximum Gasteiger partial charge on any atom is 0.0300 e. The fourth-order valence-corrected chi connectivity index (χ4v) is 1.08. The van der Waals surface area contributed by atoms with E-state index in [-0.39, 0.29) is 0 Å². The number of aryl methyl sites for hydroxylation is 1. The maximum absolute atomic E-state index is 5.14. The molecule has 13 heavy (non-hydrogen) atoms. The van der Waals surface area contributed by atoms with Gasteiger partial charge in [-0.1, -0.05) is 0 Å². The summed E-state index contributed by atoms with van der Waals surface area (Å²) in [5, 5.41) is 3.27. The van der Waals surface area contributed by atoms with E-state index in [1.165, 1.54) is 11.1 Å². The van der Waals surface area contributed by atoms with Crippen LogP contribution in [-0.4, -0.2) is 11.5 Å². The molecule has 0 aliphatic carbocycles. The lowest BCUT2D eigenvalue weighted by Gasteiger charge is -2.05. The lowest BCUT2D eigenvalue weighted by Crippen LogP contribution is -2.14. The molecule has 1 aromatic rings. The van der Waals surface area contributed by atoms with Crippen molar-refractivity contribution in [2.24, 2.45) is 0 Å². The zero-order chi connectivity index (χ0) is 9.52. The number of terminal acetylenes is 1. The quantitative estimate of drug-likeness (QED) is 0.552. The zero-order valence-corrected chi connectivity index (χ0v) is 7.88. The van der Waals surface area contributed by atoms with Gasteiger partial charge in [0, 0.05) is 31.9 Å². The average Bonchev–Trinajstić information content (AvgIpc) is 2.15. The van der Waals surface area contributed by atoms with Gasteiger partial charge in [0.1, 0.15) is 0 Å². The van der Waals surface area contributed by atoms with E-state index in [1.807, 2.05) is 18.5 Å². The van der Waals surface area contributed by atoms with Crippen LogP contribution < -0.4 is 5.32 Å². The standard InChI is InChI=1S/C11H14N2/c1-3-4-6-12-9-11-5-7-13-8-10(11)2/h1,5,7-8,12H,4,6,9H2,2H3. The Kier molecular flexibility index (Phi) is 4.01. The van der Waals surface area contributed by atoms with Crippen LogP contribution in [0, 0.1) is 19.3 Å². The molecule has 0 bridgehead atoms. The lowest BCUT2D eigenvalue weighted by molar-refractivity contribution is 0.698. The molecule has 2 nitrogen and oxygen atoms in total. The third-order valence-electron chi connectivity index (χ3n) is 1.90. The molecule has 0 aliphatic rings. The molecular formula is C11H14N2. The van der Waals surface area contributed by atoms with Crippen LogP contribution in [0.2, 0.25) is 0 Å². The lowest BCUT2D eigenvalue weighted by atomic mass is 10.1. The van der Waals surface area contributed by atoms with Gasteiger partial charge in [0.15, 0.2) is 0 Å². The third-order valence-corrected chi connectivity index (χ3v) is 1.90. The molecule has 0 amide bonds. The summed E-state index contributed by atoms with van der Waals surface area (Å²) in [7, 11) is 0. The van der Waals surface area contributed by atoms with E-state index in [4.69, 9.17) is 6.42 Å². The van der Waals surface area contributed by atoms with Crippen LogP contribution in [0.1, 0.15) is 17.5 Å². The van der Waals surface area contributed by atoms with Gasteiger partial charge in [-0.2, -0.15) is 0 Å². The van der Waals surface area contributed by atoms with Crippen LogP contribution in [0.5, 0.6) is 0 Å². The molecule has 0 atom stereocenters. The Labute approximate surface area is 79.4 Å². The van der Waals surface area contributed by atoms with Crippen molar-refractivity contribution in [3.05, 3.63) is 29.6 Å². The molecule has 2 heteroatoms. The number of hydrogen-bond acceptors (Lipinski definition) is 2. The van der Waals surface area contributed by atoms with E-state index < -0.39 is 0 Å². The minimum Gasteiger partial charge on any atom is -0.312 e. The van der Waals surface area contributed by atoms with Crippen molar-refractivity contribution < 1.29 is 0 Å². The second-order valence-corrected chi connectivity index (χ2v) is 2.93. The van der Waals surface area contributed by atoms with Gasteiger partial charge in [-0.25, -0.2) is 0 Å². The van der Waals surface area contributed by atoms with E-state index >= 15 is 0 Å². The molecule has 1 heterocycles. The average molecular weight is 174 g/mol. The topological polar surface area (TPSA) is 24.9 Å². The maximum atomic E-state index is 5.14. The minimum absolute atomic E-state index is 0.782. The Morgan fingerprint density at radius 1 is 1.62 bits per heavy atom. The van der Waals surface area contributed by atoms with Crippen LogP contribution in [0.3, 0.4) is 0 Å². The molecule has 0 aromatic carbocycles. The Morgan fingerprint density at radius 2 is 2.46 bits per heavy atom. The number of hydrogen-bond donors (Lipinski definition) is 1. The molecule has 0 saturated heterocycles. The Bertz CT molecular complexity index is 299. The number of pyridine rings is 1. The minimum atomic E-state index is 0.782. The van der Waals surface area contributed by atoms with E-state index in [0.29, 0.717) is 0 Å².